The number of rotatable bonds is 4. The van der Waals surface area contributed by atoms with E-state index in [-0.39, 0.29) is 23.6 Å². The predicted molar refractivity (Wildman–Crippen MR) is 67.8 cm³/mol. The molecular weight excluding hydrogens is 292 g/mol. The lowest BCUT2D eigenvalue weighted by atomic mass is 10.2. The minimum Gasteiger partial charge on any atom is -0.480 e. The van der Waals surface area contributed by atoms with Crippen molar-refractivity contribution in [3.05, 3.63) is 16.6 Å². The molecule has 1 fully saturated rings. The Morgan fingerprint density at radius 2 is 2.26 bits per heavy atom. The van der Waals surface area contributed by atoms with Gasteiger partial charge in [0.25, 0.3) is 5.91 Å². The molecule has 0 aliphatic carbocycles. The first-order valence-electron chi connectivity index (χ1n) is 5.50. The number of carboxylic acid groups (broad SMARTS) is 1. The van der Waals surface area contributed by atoms with Crippen molar-refractivity contribution < 1.29 is 23.1 Å². The average molecular weight is 304 g/mol. The average Bonchev–Trinajstić information content (AvgIpc) is 2.94. The van der Waals surface area contributed by atoms with Crippen molar-refractivity contribution in [1.82, 2.24) is 9.88 Å². The summed E-state index contributed by atoms with van der Waals surface area (Å²) in [6.07, 6.45) is 0.269. The highest BCUT2D eigenvalue weighted by atomic mass is 32.2. The van der Waals surface area contributed by atoms with Gasteiger partial charge in [0.1, 0.15) is 12.2 Å². The van der Waals surface area contributed by atoms with Crippen LogP contribution in [0.2, 0.25) is 0 Å². The summed E-state index contributed by atoms with van der Waals surface area (Å²) in [6, 6.07) is -0.588. The van der Waals surface area contributed by atoms with E-state index in [0.29, 0.717) is 0 Å². The van der Waals surface area contributed by atoms with Crippen molar-refractivity contribution in [1.29, 1.82) is 0 Å². The van der Waals surface area contributed by atoms with Crippen LogP contribution in [0.5, 0.6) is 0 Å². The smallest absolute Gasteiger partial charge is 0.323 e. The summed E-state index contributed by atoms with van der Waals surface area (Å²) >= 11 is 1.22. The van der Waals surface area contributed by atoms with Crippen molar-refractivity contribution in [2.45, 2.75) is 12.5 Å². The number of nitrogens with zero attached hydrogens (tertiary/aromatic N) is 2. The van der Waals surface area contributed by atoms with E-state index in [9.17, 15) is 18.0 Å². The van der Waals surface area contributed by atoms with Crippen molar-refractivity contribution >= 4 is 33.1 Å². The van der Waals surface area contributed by atoms with E-state index in [2.05, 4.69) is 4.98 Å². The van der Waals surface area contributed by atoms with E-state index in [0.717, 1.165) is 4.90 Å². The largest absolute Gasteiger partial charge is 0.480 e. The molecule has 1 aromatic heterocycles. The molecule has 104 valence electrons. The van der Waals surface area contributed by atoms with Gasteiger partial charge in [-0.05, 0) is 6.42 Å². The second-order valence-corrected chi connectivity index (χ2v) is 7.20. The highest BCUT2D eigenvalue weighted by Gasteiger charge is 2.36. The molecule has 2 heterocycles. The molecule has 0 spiro atoms. The summed E-state index contributed by atoms with van der Waals surface area (Å²) in [5.41, 5.74) is 1.62. The minimum atomic E-state index is -3.18. The molecule has 1 N–H and O–H groups in total. The molecule has 1 amide bonds. The standard InChI is InChI=1S/C10H12N2O5S2/c13-9(14)3-12(7-1-2-19(16,17)5-7)10(15)8-4-18-6-11-8/h4,6-7H,1-3,5H2,(H,13,14). The Labute approximate surface area is 113 Å². The molecule has 0 saturated carbocycles. The molecule has 0 bridgehead atoms. The van der Waals surface area contributed by atoms with Crippen LogP contribution in [-0.4, -0.2) is 59.4 Å². The first kappa shape index (κ1) is 13.9. The lowest BCUT2D eigenvalue weighted by Gasteiger charge is -2.25. The third-order valence-electron chi connectivity index (χ3n) is 2.87. The number of amides is 1. The van der Waals surface area contributed by atoms with E-state index < -0.39 is 34.3 Å². The molecule has 1 saturated heterocycles. The highest BCUT2D eigenvalue weighted by molar-refractivity contribution is 7.91. The summed E-state index contributed by atoms with van der Waals surface area (Å²) in [6.45, 7) is -0.517. The number of aromatic nitrogens is 1. The monoisotopic (exact) mass is 304 g/mol. The fourth-order valence-corrected chi connectivity index (χ4v) is 4.26. The van der Waals surface area contributed by atoms with Gasteiger partial charge in [-0.3, -0.25) is 9.59 Å². The Bertz CT molecular complexity index is 581. The molecule has 1 aliphatic rings. The van der Waals surface area contributed by atoms with Gasteiger partial charge in [-0.2, -0.15) is 0 Å². The fourth-order valence-electron chi connectivity index (χ4n) is 2.00. The maximum atomic E-state index is 12.2. The Morgan fingerprint density at radius 3 is 2.74 bits per heavy atom. The van der Waals surface area contributed by atoms with Gasteiger partial charge in [0.2, 0.25) is 0 Å². The molecule has 1 aliphatic heterocycles. The SMILES string of the molecule is O=C(O)CN(C(=O)c1cscn1)C1CCS(=O)(=O)C1. The van der Waals surface area contributed by atoms with E-state index in [1.54, 1.807) is 0 Å². The second kappa shape index (κ2) is 5.25. The van der Waals surface area contributed by atoms with Crippen LogP contribution < -0.4 is 0 Å². The summed E-state index contributed by atoms with van der Waals surface area (Å²) in [4.78, 5) is 27.9. The number of hydrogen-bond acceptors (Lipinski definition) is 6. The lowest BCUT2D eigenvalue weighted by molar-refractivity contribution is -0.138. The van der Waals surface area contributed by atoms with Gasteiger partial charge >= 0.3 is 5.97 Å². The summed E-state index contributed by atoms with van der Waals surface area (Å²) in [7, 11) is -3.18. The van der Waals surface area contributed by atoms with Crippen LogP contribution >= 0.6 is 11.3 Å². The van der Waals surface area contributed by atoms with E-state index in [1.807, 2.05) is 0 Å². The number of carboxylic acids is 1. The van der Waals surface area contributed by atoms with Crippen molar-refractivity contribution in [3.8, 4) is 0 Å². The summed E-state index contributed by atoms with van der Waals surface area (Å²) in [5, 5.41) is 10.4. The number of aliphatic carboxylic acids is 1. The number of thiazole rings is 1. The highest BCUT2D eigenvalue weighted by Crippen LogP contribution is 2.19. The predicted octanol–water partition coefficient (Wildman–Crippen LogP) is -0.143. The zero-order chi connectivity index (χ0) is 14.0. The maximum absolute atomic E-state index is 12.2. The van der Waals surface area contributed by atoms with Gasteiger partial charge < -0.3 is 10.0 Å². The summed E-state index contributed by atoms with van der Waals surface area (Å²) < 4.78 is 22.9. The third-order valence-corrected chi connectivity index (χ3v) is 5.20. The summed E-state index contributed by atoms with van der Waals surface area (Å²) in [5.74, 6) is -1.91. The Morgan fingerprint density at radius 1 is 1.53 bits per heavy atom. The van der Waals surface area contributed by atoms with Crippen molar-refractivity contribution in [2.75, 3.05) is 18.1 Å². The number of carbonyl (C=O) groups excluding carboxylic acids is 1. The first-order valence-corrected chi connectivity index (χ1v) is 8.27. The molecule has 9 heteroatoms. The van der Waals surface area contributed by atoms with Gasteiger partial charge in [-0.25, -0.2) is 13.4 Å². The van der Waals surface area contributed by atoms with Gasteiger partial charge in [-0.1, -0.05) is 0 Å². The van der Waals surface area contributed by atoms with Crippen LogP contribution in [0, 0.1) is 0 Å². The number of carbonyl (C=O) groups is 2. The van der Waals surface area contributed by atoms with Crippen LogP contribution in [0.15, 0.2) is 10.9 Å². The Hall–Kier alpha value is -1.48. The lowest BCUT2D eigenvalue weighted by Crippen LogP contribution is -2.44. The van der Waals surface area contributed by atoms with Gasteiger partial charge in [0.05, 0.1) is 17.0 Å². The maximum Gasteiger partial charge on any atom is 0.323 e. The number of sulfone groups is 1. The van der Waals surface area contributed by atoms with Gasteiger partial charge in [0.15, 0.2) is 9.84 Å². The van der Waals surface area contributed by atoms with Crippen LogP contribution in [0.1, 0.15) is 16.9 Å². The van der Waals surface area contributed by atoms with Gasteiger partial charge in [0, 0.05) is 11.4 Å². The first-order chi connectivity index (χ1) is 8.89. The Kier molecular flexibility index (Phi) is 3.85. The van der Waals surface area contributed by atoms with Crippen LogP contribution in [0.3, 0.4) is 0 Å². The number of hydrogen-bond donors (Lipinski definition) is 1. The molecule has 1 unspecified atom stereocenters. The molecule has 2 rings (SSSR count). The van der Waals surface area contributed by atoms with Gasteiger partial charge in [-0.15, -0.1) is 11.3 Å². The second-order valence-electron chi connectivity index (χ2n) is 4.26. The topological polar surface area (TPSA) is 105 Å². The molecule has 7 nitrogen and oxygen atoms in total. The molecule has 0 radical (unpaired) electrons. The zero-order valence-electron chi connectivity index (χ0n) is 9.85. The molecule has 19 heavy (non-hydrogen) atoms. The third kappa shape index (κ3) is 3.29. The minimum absolute atomic E-state index is 0.0157. The van der Waals surface area contributed by atoms with Crippen LogP contribution in [0.25, 0.3) is 0 Å². The van der Waals surface area contributed by atoms with Crippen molar-refractivity contribution in [2.24, 2.45) is 0 Å². The van der Waals surface area contributed by atoms with Crippen LogP contribution in [0.4, 0.5) is 0 Å². The van der Waals surface area contributed by atoms with Crippen molar-refractivity contribution in [3.63, 3.8) is 0 Å². The van der Waals surface area contributed by atoms with E-state index in [4.69, 9.17) is 5.11 Å². The Balaban J connectivity index is 2.21. The molecule has 1 aromatic rings. The quantitative estimate of drug-likeness (QED) is 0.830. The van der Waals surface area contributed by atoms with E-state index in [1.165, 1.54) is 22.2 Å². The molecule has 0 aromatic carbocycles. The molecule has 1 atom stereocenters. The fraction of sp³-hybridized carbons (Fsp3) is 0.500. The van der Waals surface area contributed by atoms with Crippen LogP contribution in [-0.2, 0) is 14.6 Å². The zero-order valence-corrected chi connectivity index (χ0v) is 11.5. The normalized spacial score (nSPS) is 21.2. The molecular formula is C10H12N2O5S2. The van der Waals surface area contributed by atoms with E-state index >= 15 is 0 Å².